The Morgan fingerprint density at radius 3 is 2.55 bits per heavy atom. The lowest BCUT2D eigenvalue weighted by Gasteiger charge is -2.25. The van der Waals surface area contributed by atoms with E-state index in [1.807, 2.05) is 43.3 Å². The molecule has 0 bridgehead atoms. The summed E-state index contributed by atoms with van der Waals surface area (Å²) >= 11 is 1.23. The number of para-hydroxylation sites is 1. The van der Waals surface area contributed by atoms with Crippen molar-refractivity contribution < 1.29 is 14.6 Å². The lowest BCUT2D eigenvalue weighted by molar-refractivity contribution is -0.139. The summed E-state index contributed by atoms with van der Waals surface area (Å²) in [6.45, 7) is 3.73. The first-order chi connectivity index (χ1) is 15.8. The number of aromatic hydroxyl groups is 1. The average Bonchev–Trinajstić information content (AvgIpc) is 3.09. The first-order valence-electron chi connectivity index (χ1n) is 10.6. The number of phenols is 1. The third-order valence-corrected chi connectivity index (χ3v) is 6.45. The third kappa shape index (κ3) is 4.21. The largest absolute Gasteiger partial charge is 0.507 e. The van der Waals surface area contributed by atoms with E-state index < -0.39 is 12.0 Å². The highest BCUT2D eigenvalue weighted by Gasteiger charge is 2.33. The number of hydrogen-bond acceptors (Lipinski definition) is 7. The second-order valence-electron chi connectivity index (χ2n) is 7.85. The molecule has 1 aliphatic rings. The Balaban J connectivity index is 1.95. The van der Waals surface area contributed by atoms with E-state index in [0.717, 1.165) is 11.3 Å². The molecule has 3 aromatic rings. The van der Waals surface area contributed by atoms with Crippen molar-refractivity contribution in [3.05, 3.63) is 90.6 Å². The highest BCUT2D eigenvalue weighted by atomic mass is 32.1. The molecule has 1 aromatic heterocycles. The number of allylic oxidation sites excluding steroid dienone is 1. The molecule has 2 aromatic carbocycles. The zero-order chi connectivity index (χ0) is 23.7. The number of thiazole rings is 1. The van der Waals surface area contributed by atoms with Crippen LogP contribution < -0.4 is 19.8 Å². The molecule has 1 N–H and O–H groups in total. The minimum atomic E-state index is -0.664. The van der Waals surface area contributed by atoms with E-state index in [-0.39, 0.29) is 17.9 Å². The lowest BCUT2D eigenvalue weighted by Crippen LogP contribution is -2.39. The summed E-state index contributed by atoms with van der Waals surface area (Å²) < 4.78 is 7.28. The molecule has 8 heteroatoms. The van der Waals surface area contributed by atoms with Crippen LogP contribution in [0.2, 0.25) is 0 Å². The summed E-state index contributed by atoms with van der Waals surface area (Å²) in [6, 6.07) is 13.9. The van der Waals surface area contributed by atoms with E-state index >= 15 is 0 Å². The van der Waals surface area contributed by atoms with Crippen molar-refractivity contribution in [2.24, 2.45) is 4.99 Å². The van der Waals surface area contributed by atoms with E-state index in [1.54, 1.807) is 48.8 Å². The fraction of sp³-hybridized carbons (Fsp3) is 0.240. The molecule has 1 aliphatic heterocycles. The zero-order valence-electron chi connectivity index (χ0n) is 18.9. The molecular formula is C25H25N3O4S. The molecule has 0 spiro atoms. The molecule has 0 fully saturated rings. The molecule has 0 unspecified atom stereocenters. The van der Waals surface area contributed by atoms with Gasteiger partial charge in [-0.2, -0.15) is 0 Å². The Hall–Kier alpha value is -3.65. The summed E-state index contributed by atoms with van der Waals surface area (Å²) in [5, 5.41) is 10.1. The second kappa shape index (κ2) is 9.07. The Morgan fingerprint density at radius 2 is 1.91 bits per heavy atom. The van der Waals surface area contributed by atoms with Gasteiger partial charge in [-0.3, -0.25) is 9.36 Å². The van der Waals surface area contributed by atoms with Crippen LogP contribution in [-0.4, -0.2) is 36.3 Å². The predicted octanol–water partition coefficient (Wildman–Crippen LogP) is 2.57. The van der Waals surface area contributed by atoms with Crippen LogP contribution in [0.3, 0.4) is 0 Å². The van der Waals surface area contributed by atoms with Crippen LogP contribution in [-0.2, 0) is 9.53 Å². The van der Waals surface area contributed by atoms with Gasteiger partial charge in [-0.25, -0.2) is 9.79 Å². The highest BCUT2D eigenvalue weighted by Crippen LogP contribution is 2.31. The van der Waals surface area contributed by atoms with Crippen LogP contribution in [0.15, 0.2) is 69.6 Å². The van der Waals surface area contributed by atoms with Crippen molar-refractivity contribution >= 4 is 29.1 Å². The highest BCUT2D eigenvalue weighted by molar-refractivity contribution is 7.07. The number of carbonyl (C=O) groups is 1. The minimum Gasteiger partial charge on any atom is -0.507 e. The smallest absolute Gasteiger partial charge is 0.338 e. The first-order valence-corrected chi connectivity index (χ1v) is 11.4. The van der Waals surface area contributed by atoms with Crippen LogP contribution in [0.25, 0.3) is 6.08 Å². The minimum absolute atomic E-state index is 0.0857. The van der Waals surface area contributed by atoms with Crippen molar-refractivity contribution in [1.29, 1.82) is 0 Å². The third-order valence-electron chi connectivity index (χ3n) is 5.47. The number of esters is 1. The van der Waals surface area contributed by atoms with E-state index in [0.29, 0.717) is 26.2 Å². The zero-order valence-corrected chi connectivity index (χ0v) is 19.7. The van der Waals surface area contributed by atoms with E-state index in [9.17, 15) is 14.7 Å². The number of ether oxygens (including phenoxy) is 1. The number of benzene rings is 2. The molecule has 1 atom stereocenters. The molecule has 33 heavy (non-hydrogen) atoms. The summed E-state index contributed by atoms with van der Waals surface area (Å²) in [6.07, 6.45) is 1.65. The molecule has 0 radical (unpaired) electrons. The Labute approximate surface area is 195 Å². The fourth-order valence-electron chi connectivity index (χ4n) is 3.81. The van der Waals surface area contributed by atoms with Gasteiger partial charge in [0.25, 0.3) is 5.56 Å². The first kappa shape index (κ1) is 22.5. The Bertz CT molecular complexity index is 1420. The second-order valence-corrected chi connectivity index (χ2v) is 8.86. The molecule has 0 saturated heterocycles. The maximum atomic E-state index is 13.5. The molecule has 7 nitrogen and oxygen atoms in total. The molecular weight excluding hydrogens is 438 g/mol. The molecule has 0 saturated carbocycles. The van der Waals surface area contributed by atoms with Crippen LogP contribution in [0, 0.1) is 0 Å². The predicted molar refractivity (Wildman–Crippen MR) is 129 cm³/mol. The summed E-state index contributed by atoms with van der Waals surface area (Å²) in [5.41, 5.74) is 2.91. The maximum Gasteiger partial charge on any atom is 0.338 e. The van der Waals surface area contributed by atoms with Gasteiger partial charge < -0.3 is 14.7 Å². The topological polar surface area (TPSA) is 84.1 Å². The van der Waals surface area contributed by atoms with Crippen LogP contribution >= 0.6 is 11.3 Å². The van der Waals surface area contributed by atoms with Crippen LogP contribution in [0.4, 0.5) is 5.69 Å². The summed E-state index contributed by atoms with van der Waals surface area (Å²) in [7, 11) is 3.90. The number of rotatable bonds is 5. The van der Waals surface area contributed by atoms with Crippen molar-refractivity contribution in [3.63, 3.8) is 0 Å². The molecule has 0 amide bonds. The SMILES string of the molecule is CCOC(=O)C1=C(C)N=c2s/c(=C/c3ccccc3O)c(=O)n2[C@@H]1c1ccc(N(C)C)cc1. The Kier molecular flexibility index (Phi) is 6.20. The number of hydrogen-bond donors (Lipinski definition) is 1. The van der Waals surface area contributed by atoms with Gasteiger partial charge in [-0.1, -0.05) is 41.7 Å². The molecule has 2 heterocycles. The number of anilines is 1. The fourth-order valence-corrected chi connectivity index (χ4v) is 4.85. The number of fused-ring (bicyclic) bond motifs is 1. The van der Waals surface area contributed by atoms with E-state index in [4.69, 9.17) is 4.74 Å². The molecule has 4 rings (SSSR count). The van der Waals surface area contributed by atoms with Gasteiger partial charge in [0, 0.05) is 25.3 Å². The van der Waals surface area contributed by atoms with Crippen molar-refractivity contribution in [1.82, 2.24) is 4.57 Å². The van der Waals surface area contributed by atoms with E-state index in [1.165, 1.54) is 11.3 Å². The summed E-state index contributed by atoms with van der Waals surface area (Å²) in [4.78, 5) is 33.5. The van der Waals surface area contributed by atoms with Gasteiger partial charge in [0.05, 0.1) is 28.5 Å². The van der Waals surface area contributed by atoms with Gasteiger partial charge in [-0.05, 0) is 43.7 Å². The van der Waals surface area contributed by atoms with Crippen molar-refractivity contribution in [3.8, 4) is 5.75 Å². The monoisotopic (exact) mass is 463 g/mol. The average molecular weight is 464 g/mol. The van der Waals surface area contributed by atoms with E-state index in [2.05, 4.69) is 4.99 Å². The van der Waals surface area contributed by atoms with Gasteiger partial charge in [0.15, 0.2) is 4.80 Å². The standard InChI is InChI=1S/C25H25N3O4S/c1-5-32-24(31)21-15(2)26-25-28(22(21)16-10-12-18(13-11-16)27(3)4)23(30)20(33-25)14-17-8-6-7-9-19(17)29/h6-14,22,29H,5H2,1-4H3/b20-14+/t22-/m1/s1. The number of phenolic OH excluding ortho intramolecular Hbond substituents is 1. The number of nitrogens with zero attached hydrogens (tertiary/aromatic N) is 3. The number of aromatic nitrogens is 1. The van der Waals surface area contributed by atoms with Gasteiger partial charge >= 0.3 is 5.97 Å². The van der Waals surface area contributed by atoms with Gasteiger partial charge in [0.1, 0.15) is 5.75 Å². The van der Waals surface area contributed by atoms with Crippen LogP contribution in [0.1, 0.15) is 31.0 Å². The normalized spacial score (nSPS) is 15.8. The maximum absolute atomic E-state index is 13.5. The van der Waals surface area contributed by atoms with Crippen LogP contribution in [0.5, 0.6) is 5.75 Å². The molecule has 0 aliphatic carbocycles. The summed E-state index contributed by atoms with van der Waals surface area (Å²) in [5.74, 6) is -0.405. The van der Waals surface area contributed by atoms with Gasteiger partial charge in [0.2, 0.25) is 0 Å². The lowest BCUT2D eigenvalue weighted by atomic mass is 9.95. The van der Waals surface area contributed by atoms with Crippen molar-refractivity contribution in [2.45, 2.75) is 19.9 Å². The van der Waals surface area contributed by atoms with Gasteiger partial charge in [-0.15, -0.1) is 0 Å². The van der Waals surface area contributed by atoms with Crippen molar-refractivity contribution in [2.75, 3.05) is 25.6 Å². The molecule has 170 valence electrons. The quantitative estimate of drug-likeness (QED) is 0.588. The Morgan fingerprint density at radius 1 is 1.21 bits per heavy atom. The number of carbonyl (C=O) groups excluding carboxylic acids is 1.